The van der Waals surface area contributed by atoms with Gasteiger partial charge in [-0.15, -0.1) is 0 Å². The minimum absolute atomic E-state index is 0.185. The number of carbonyl (C=O) groups excluding carboxylic acids is 2. The number of hydrogen-bond acceptors (Lipinski definition) is 4. The molecule has 2 heterocycles. The standard InChI is InChI=1S/C22H21ClN4O2/c1-14(28)24-16-8-9-20(18(23)13-16)26-22(29)17-12-15-6-2-3-7-19(15)25-21(17)27-10-4-5-11-27/h2-3,6-9,12-13H,4-5,10-11H2,1H3,(H,24,28)(H,26,29). The monoisotopic (exact) mass is 408 g/mol. The molecular weight excluding hydrogens is 388 g/mol. The third-order valence-electron chi connectivity index (χ3n) is 4.89. The van der Waals surface area contributed by atoms with Crippen LogP contribution in [0.25, 0.3) is 10.9 Å². The summed E-state index contributed by atoms with van der Waals surface area (Å²) in [5.41, 5.74) is 2.44. The van der Waals surface area contributed by atoms with E-state index in [2.05, 4.69) is 15.5 Å². The van der Waals surface area contributed by atoms with E-state index in [4.69, 9.17) is 16.6 Å². The number of rotatable bonds is 4. The van der Waals surface area contributed by atoms with Crippen molar-refractivity contribution < 1.29 is 9.59 Å². The molecule has 29 heavy (non-hydrogen) atoms. The summed E-state index contributed by atoms with van der Waals surface area (Å²) in [7, 11) is 0. The first-order valence-corrected chi connectivity index (χ1v) is 9.92. The summed E-state index contributed by atoms with van der Waals surface area (Å²) in [5.74, 6) is 0.249. The number of anilines is 3. The third-order valence-corrected chi connectivity index (χ3v) is 5.20. The van der Waals surface area contributed by atoms with E-state index in [1.54, 1.807) is 18.2 Å². The van der Waals surface area contributed by atoms with Crippen LogP contribution in [0.3, 0.4) is 0 Å². The number of hydrogen-bond donors (Lipinski definition) is 2. The van der Waals surface area contributed by atoms with Gasteiger partial charge in [0, 0.05) is 31.1 Å². The smallest absolute Gasteiger partial charge is 0.259 e. The SMILES string of the molecule is CC(=O)Nc1ccc(NC(=O)c2cc3ccccc3nc2N2CCCC2)c(Cl)c1. The summed E-state index contributed by atoms with van der Waals surface area (Å²) in [6.07, 6.45) is 2.18. The summed E-state index contributed by atoms with van der Waals surface area (Å²) in [6.45, 7) is 3.20. The first-order chi connectivity index (χ1) is 14.0. The highest BCUT2D eigenvalue weighted by Crippen LogP contribution is 2.30. The van der Waals surface area contributed by atoms with E-state index in [-0.39, 0.29) is 11.8 Å². The second kappa shape index (κ2) is 8.09. The molecule has 1 saturated heterocycles. The van der Waals surface area contributed by atoms with Gasteiger partial charge in [0.15, 0.2) is 0 Å². The molecule has 0 bridgehead atoms. The molecule has 2 aromatic carbocycles. The molecule has 1 aliphatic rings. The van der Waals surface area contributed by atoms with E-state index in [0.717, 1.165) is 36.8 Å². The number of amides is 2. The summed E-state index contributed by atoms with van der Waals surface area (Å²) >= 11 is 6.31. The minimum Gasteiger partial charge on any atom is -0.356 e. The van der Waals surface area contributed by atoms with E-state index in [0.29, 0.717) is 27.8 Å². The number of carbonyl (C=O) groups is 2. The lowest BCUT2D eigenvalue weighted by Gasteiger charge is -2.20. The second-order valence-electron chi connectivity index (χ2n) is 7.08. The number of nitrogens with zero attached hydrogens (tertiary/aromatic N) is 2. The largest absolute Gasteiger partial charge is 0.356 e. The van der Waals surface area contributed by atoms with Crippen molar-refractivity contribution >= 4 is 51.5 Å². The van der Waals surface area contributed by atoms with Crippen molar-refractivity contribution in [1.82, 2.24) is 4.98 Å². The molecule has 0 atom stereocenters. The quantitative estimate of drug-likeness (QED) is 0.656. The van der Waals surface area contributed by atoms with Gasteiger partial charge in [-0.2, -0.15) is 0 Å². The second-order valence-corrected chi connectivity index (χ2v) is 7.48. The Morgan fingerprint density at radius 2 is 1.79 bits per heavy atom. The maximum Gasteiger partial charge on any atom is 0.259 e. The molecule has 0 aliphatic carbocycles. The number of halogens is 1. The van der Waals surface area contributed by atoms with Gasteiger partial charge in [-0.1, -0.05) is 29.8 Å². The highest BCUT2D eigenvalue weighted by atomic mass is 35.5. The molecule has 148 valence electrons. The number of nitrogens with one attached hydrogen (secondary N) is 2. The van der Waals surface area contributed by atoms with E-state index < -0.39 is 0 Å². The summed E-state index contributed by atoms with van der Waals surface area (Å²) in [4.78, 5) is 31.3. The first-order valence-electron chi connectivity index (χ1n) is 9.54. The maximum absolute atomic E-state index is 13.1. The van der Waals surface area contributed by atoms with E-state index in [1.165, 1.54) is 6.92 Å². The zero-order valence-corrected chi connectivity index (χ0v) is 16.8. The Morgan fingerprint density at radius 3 is 2.52 bits per heavy atom. The predicted octanol–water partition coefficient (Wildman–Crippen LogP) is 4.70. The van der Waals surface area contributed by atoms with Gasteiger partial charge in [-0.05, 0) is 43.2 Å². The van der Waals surface area contributed by atoms with Crippen molar-refractivity contribution in [2.75, 3.05) is 28.6 Å². The molecule has 2 N–H and O–H groups in total. The molecule has 4 rings (SSSR count). The van der Waals surface area contributed by atoms with E-state index in [9.17, 15) is 9.59 Å². The van der Waals surface area contributed by atoms with Crippen LogP contribution in [0.1, 0.15) is 30.1 Å². The Hall–Kier alpha value is -3.12. The van der Waals surface area contributed by atoms with Crippen molar-refractivity contribution in [3.63, 3.8) is 0 Å². The Labute approximate surface area is 173 Å². The van der Waals surface area contributed by atoms with Gasteiger partial charge < -0.3 is 15.5 Å². The molecule has 0 radical (unpaired) electrons. The van der Waals surface area contributed by atoms with Gasteiger partial charge in [-0.25, -0.2) is 4.98 Å². The van der Waals surface area contributed by atoms with Crippen molar-refractivity contribution in [3.05, 3.63) is 59.1 Å². The van der Waals surface area contributed by atoms with Gasteiger partial charge in [0.2, 0.25) is 5.91 Å². The van der Waals surface area contributed by atoms with Crippen molar-refractivity contribution in [2.24, 2.45) is 0 Å². The molecular formula is C22H21ClN4O2. The minimum atomic E-state index is -0.265. The van der Waals surface area contributed by atoms with Crippen LogP contribution in [0, 0.1) is 0 Å². The van der Waals surface area contributed by atoms with Crippen LogP contribution in [-0.4, -0.2) is 29.9 Å². The fourth-order valence-electron chi connectivity index (χ4n) is 3.53. The van der Waals surface area contributed by atoms with Crippen molar-refractivity contribution in [2.45, 2.75) is 19.8 Å². The average molecular weight is 409 g/mol. The molecule has 0 saturated carbocycles. The van der Waals surface area contributed by atoms with Gasteiger partial charge >= 0.3 is 0 Å². The molecule has 1 aromatic heterocycles. The van der Waals surface area contributed by atoms with Crippen molar-refractivity contribution in [3.8, 4) is 0 Å². The third kappa shape index (κ3) is 4.17. The topological polar surface area (TPSA) is 74.3 Å². The molecule has 0 spiro atoms. The first kappa shape index (κ1) is 19.2. The van der Waals surface area contributed by atoms with Gasteiger partial charge in [0.1, 0.15) is 5.82 Å². The molecule has 6 nitrogen and oxygen atoms in total. The molecule has 1 fully saturated rings. The number of para-hydroxylation sites is 1. The van der Waals surface area contributed by atoms with Crippen LogP contribution in [-0.2, 0) is 4.79 Å². The van der Waals surface area contributed by atoms with Crippen LogP contribution >= 0.6 is 11.6 Å². The highest BCUT2D eigenvalue weighted by molar-refractivity contribution is 6.34. The fourth-order valence-corrected chi connectivity index (χ4v) is 3.76. The lowest BCUT2D eigenvalue weighted by Crippen LogP contribution is -2.24. The summed E-state index contributed by atoms with van der Waals surface area (Å²) in [5, 5.41) is 6.81. The lowest BCUT2D eigenvalue weighted by atomic mass is 10.1. The zero-order chi connectivity index (χ0) is 20.4. The zero-order valence-electron chi connectivity index (χ0n) is 16.0. The van der Waals surface area contributed by atoms with Gasteiger partial charge in [0.05, 0.1) is 21.8 Å². The molecule has 2 amide bonds. The highest BCUT2D eigenvalue weighted by Gasteiger charge is 2.22. The van der Waals surface area contributed by atoms with Crippen molar-refractivity contribution in [1.29, 1.82) is 0 Å². The number of benzene rings is 2. The van der Waals surface area contributed by atoms with Crippen LogP contribution < -0.4 is 15.5 Å². The fraction of sp³-hybridized carbons (Fsp3) is 0.227. The Morgan fingerprint density at radius 1 is 1.03 bits per heavy atom. The average Bonchev–Trinajstić information content (AvgIpc) is 3.23. The molecule has 7 heteroatoms. The van der Waals surface area contributed by atoms with E-state index >= 15 is 0 Å². The van der Waals surface area contributed by atoms with Crippen LogP contribution in [0.15, 0.2) is 48.5 Å². The Bertz CT molecular complexity index is 1090. The molecule has 3 aromatic rings. The summed E-state index contributed by atoms with van der Waals surface area (Å²) in [6, 6.07) is 14.6. The van der Waals surface area contributed by atoms with E-state index in [1.807, 2.05) is 30.3 Å². The predicted molar refractivity (Wildman–Crippen MR) is 117 cm³/mol. The normalized spacial score (nSPS) is 13.5. The maximum atomic E-state index is 13.1. The summed E-state index contributed by atoms with van der Waals surface area (Å²) < 4.78 is 0. The molecule has 1 aliphatic heterocycles. The number of aromatic nitrogens is 1. The number of pyridine rings is 1. The Kier molecular flexibility index (Phi) is 5.36. The van der Waals surface area contributed by atoms with Crippen LogP contribution in [0.4, 0.5) is 17.2 Å². The lowest BCUT2D eigenvalue weighted by molar-refractivity contribution is -0.114. The number of fused-ring (bicyclic) bond motifs is 1. The van der Waals surface area contributed by atoms with Gasteiger partial charge in [0.25, 0.3) is 5.91 Å². The van der Waals surface area contributed by atoms with Gasteiger partial charge in [-0.3, -0.25) is 9.59 Å². The Balaban J connectivity index is 1.67. The van der Waals surface area contributed by atoms with Crippen LogP contribution in [0.2, 0.25) is 5.02 Å². The molecule has 0 unspecified atom stereocenters. The van der Waals surface area contributed by atoms with Crippen LogP contribution in [0.5, 0.6) is 0 Å².